The van der Waals surface area contributed by atoms with Crippen LogP contribution in [-0.2, 0) is 4.79 Å². The van der Waals surface area contributed by atoms with Crippen LogP contribution in [0.3, 0.4) is 0 Å². The number of amides is 1. The first kappa shape index (κ1) is 18.4. The first-order valence-electron chi connectivity index (χ1n) is 8.03. The van der Waals surface area contributed by atoms with Crippen LogP contribution in [-0.4, -0.2) is 55.0 Å². The lowest BCUT2D eigenvalue weighted by atomic mass is 10.1. The summed E-state index contributed by atoms with van der Waals surface area (Å²) in [7, 11) is 0. The Morgan fingerprint density at radius 3 is 2.52 bits per heavy atom. The molecule has 1 aliphatic heterocycles. The maximum absolute atomic E-state index is 12.2. The predicted octanol–water partition coefficient (Wildman–Crippen LogP) is 3.56. The molecule has 0 N–H and O–H groups in total. The number of rotatable bonds is 6. The zero-order valence-corrected chi connectivity index (χ0v) is 15.2. The number of nitrogens with zero attached hydrogens (tertiary/aromatic N) is 2. The second-order valence-electron chi connectivity index (χ2n) is 6.27. The fourth-order valence-electron chi connectivity index (χ4n) is 2.48. The molecule has 1 heterocycles. The maximum Gasteiger partial charge on any atom is 0.260 e. The van der Waals surface area contributed by atoms with Gasteiger partial charge in [-0.2, -0.15) is 0 Å². The van der Waals surface area contributed by atoms with Crippen LogP contribution in [0, 0.1) is 5.92 Å². The van der Waals surface area contributed by atoms with Crippen molar-refractivity contribution in [1.82, 2.24) is 9.80 Å². The molecule has 1 fully saturated rings. The Morgan fingerprint density at radius 2 is 1.91 bits per heavy atom. The van der Waals surface area contributed by atoms with E-state index in [1.807, 2.05) is 4.90 Å². The molecule has 0 bridgehead atoms. The Balaban J connectivity index is 1.74. The van der Waals surface area contributed by atoms with Crippen LogP contribution >= 0.6 is 23.2 Å². The second-order valence-corrected chi connectivity index (χ2v) is 7.11. The number of hydrogen-bond acceptors (Lipinski definition) is 3. The lowest BCUT2D eigenvalue weighted by Crippen LogP contribution is -2.50. The number of hydrogen-bond donors (Lipinski definition) is 0. The molecular weight excluding hydrogens is 335 g/mol. The van der Waals surface area contributed by atoms with Gasteiger partial charge in [0.15, 0.2) is 6.61 Å². The fraction of sp³-hybridized carbons (Fsp3) is 0.588. The molecule has 1 amide bonds. The maximum atomic E-state index is 12.2. The van der Waals surface area contributed by atoms with Crippen molar-refractivity contribution in [3.8, 4) is 5.75 Å². The van der Waals surface area contributed by atoms with Crippen molar-refractivity contribution >= 4 is 29.1 Å². The van der Waals surface area contributed by atoms with Crippen molar-refractivity contribution in [2.45, 2.75) is 20.3 Å². The van der Waals surface area contributed by atoms with E-state index in [-0.39, 0.29) is 12.5 Å². The van der Waals surface area contributed by atoms with Gasteiger partial charge in [0, 0.05) is 31.2 Å². The van der Waals surface area contributed by atoms with Crippen molar-refractivity contribution in [3.63, 3.8) is 0 Å². The molecule has 1 aromatic rings. The van der Waals surface area contributed by atoms with Gasteiger partial charge in [0.1, 0.15) is 5.75 Å². The Bertz CT molecular complexity index is 529. The zero-order valence-electron chi connectivity index (χ0n) is 13.7. The third-order valence-corrected chi connectivity index (χ3v) is 4.52. The molecule has 0 spiro atoms. The molecule has 6 heteroatoms. The summed E-state index contributed by atoms with van der Waals surface area (Å²) >= 11 is 11.9. The van der Waals surface area contributed by atoms with Gasteiger partial charge in [-0.05, 0) is 37.1 Å². The zero-order chi connectivity index (χ0) is 16.8. The average molecular weight is 359 g/mol. The van der Waals surface area contributed by atoms with Gasteiger partial charge in [-0.1, -0.05) is 37.0 Å². The Morgan fingerprint density at radius 1 is 1.22 bits per heavy atom. The molecule has 1 saturated heterocycles. The lowest BCUT2D eigenvalue weighted by Gasteiger charge is -2.35. The van der Waals surface area contributed by atoms with Crippen LogP contribution in [0.2, 0.25) is 10.0 Å². The van der Waals surface area contributed by atoms with Gasteiger partial charge in [0.2, 0.25) is 0 Å². The average Bonchev–Trinajstić information content (AvgIpc) is 2.52. The molecule has 2 rings (SSSR count). The van der Waals surface area contributed by atoms with Crippen LogP contribution < -0.4 is 4.74 Å². The normalized spacial score (nSPS) is 16.0. The van der Waals surface area contributed by atoms with E-state index in [1.165, 1.54) is 6.42 Å². The van der Waals surface area contributed by atoms with Crippen molar-refractivity contribution in [1.29, 1.82) is 0 Å². The summed E-state index contributed by atoms with van der Waals surface area (Å²) in [5, 5.41) is 0.968. The molecule has 0 unspecified atom stereocenters. The van der Waals surface area contributed by atoms with E-state index in [2.05, 4.69) is 18.7 Å². The third-order valence-electron chi connectivity index (χ3n) is 3.99. The van der Waals surface area contributed by atoms with E-state index in [9.17, 15) is 4.79 Å². The molecule has 23 heavy (non-hydrogen) atoms. The molecule has 0 aliphatic carbocycles. The van der Waals surface area contributed by atoms with E-state index in [1.54, 1.807) is 18.2 Å². The number of carbonyl (C=O) groups excluding carboxylic acids is 1. The standard InChI is InChI=1S/C17H24Cl2N2O2/c1-13(2)5-6-20-7-9-21(10-8-20)17(22)12-23-16-4-3-14(18)11-15(16)19/h3-4,11,13H,5-10,12H2,1-2H3. The highest BCUT2D eigenvalue weighted by Gasteiger charge is 2.21. The summed E-state index contributed by atoms with van der Waals surface area (Å²) in [6.45, 7) is 8.96. The number of halogens is 2. The van der Waals surface area contributed by atoms with Crippen molar-refractivity contribution in [3.05, 3.63) is 28.2 Å². The van der Waals surface area contributed by atoms with E-state index in [0.717, 1.165) is 32.7 Å². The Hall–Kier alpha value is -0.970. The third kappa shape index (κ3) is 5.87. The molecule has 1 aromatic carbocycles. The predicted molar refractivity (Wildman–Crippen MR) is 94.4 cm³/mol. The quantitative estimate of drug-likeness (QED) is 0.779. The summed E-state index contributed by atoms with van der Waals surface area (Å²) in [6.07, 6.45) is 1.20. The van der Waals surface area contributed by atoms with Crippen molar-refractivity contribution in [2.24, 2.45) is 5.92 Å². The minimum Gasteiger partial charge on any atom is -0.482 e. The first-order chi connectivity index (χ1) is 11.0. The van der Waals surface area contributed by atoms with Gasteiger partial charge >= 0.3 is 0 Å². The topological polar surface area (TPSA) is 32.8 Å². The summed E-state index contributed by atoms with van der Waals surface area (Å²) in [5.41, 5.74) is 0. The largest absolute Gasteiger partial charge is 0.482 e. The van der Waals surface area contributed by atoms with Gasteiger partial charge in [0.25, 0.3) is 5.91 Å². The van der Waals surface area contributed by atoms with E-state index in [4.69, 9.17) is 27.9 Å². The lowest BCUT2D eigenvalue weighted by molar-refractivity contribution is -0.135. The monoisotopic (exact) mass is 358 g/mol. The van der Waals surface area contributed by atoms with E-state index < -0.39 is 0 Å². The molecule has 0 radical (unpaired) electrons. The summed E-state index contributed by atoms with van der Waals surface area (Å²) in [4.78, 5) is 16.5. The van der Waals surface area contributed by atoms with Crippen LogP contribution in [0.5, 0.6) is 5.75 Å². The summed E-state index contributed by atoms with van der Waals surface area (Å²) in [6, 6.07) is 4.99. The molecule has 0 aromatic heterocycles. The number of benzene rings is 1. The smallest absolute Gasteiger partial charge is 0.260 e. The molecule has 128 valence electrons. The van der Waals surface area contributed by atoms with E-state index >= 15 is 0 Å². The van der Waals surface area contributed by atoms with Crippen LogP contribution in [0.1, 0.15) is 20.3 Å². The highest BCUT2D eigenvalue weighted by Crippen LogP contribution is 2.27. The SMILES string of the molecule is CC(C)CCN1CCN(C(=O)COc2ccc(Cl)cc2Cl)CC1. The highest BCUT2D eigenvalue weighted by molar-refractivity contribution is 6.35. The van der Waals surface area contributed by atoms with Gasteiger partial charge < -0.3 is 9.64 Å². The van der Waals surface area contributed by atoms with Crippen LogP contribution in [0.15, 0.2) is 18.2 Å². The number of carbonyl (C=O) groups is 1. The summed E-state index contributed by atoms with van der Waals surface area (Å²) < 4.78 is 5.52. The van der Waals surface area contributed by atoms with Crippen LogP contribution in [0.25, 0.3) is 0 Å². The molecule has 4 nitrogen and oxygen atoms in total. The Labute approximate surface area is 148 Å². The van der Waals surface area contributed by atoms with Crippen molar-refractivity contribution in [2.75, 3.05) is 39.3 Å². The minimum atomic E-state index is -0.000439. The second kappa shape index (κ2) is 8.76. The Kier molecular flexibility index (Phi) is 7.00. The number of ether oxygens (including phenoxy) is 1. The molecule has 0 saturated carbocycles. The van der Waals surface area contributed by atoms with Gasteiger partial charge in [0.05, 0.1) is 5.02 Å². The summed E-state index contributed by atoms with van der Waals surface area (Å²) in [5.74, 6) is 1.20. The van der Waals surface area contributed by atoms with Gasteiger partial charge in [-0.25, -0.2) is 0 Å². The number of piperazine rings is 1. The van der Waals surface area contributed by atoms with Crippen molar-refractivity contribution < 1.29 is 9.53 Å². The van der Waals surface area contributed by atoms with Gasteiger partial charge in [-0.3, -0.25) is 9.69 Å². The van der Waals surface area contributed by atoms with Crippen LogP contribution in [0.4, 0.5) is 0 Å². The van der Waals surface area contributed by atoms with Gasteiger partial charge in [-0.15, -0.1) is 0 Å². The fourth-order valence-corrected chi connectivity index (χ4v) is 2.95. The molecule has 0 atom stereocenters. The first-order valence-corrected chi connectivity index (χ1v) is 8.79. The van der Waals surface area contributed by atoms with E-state index in [0.29, 0.717) is 21.7 Å². The molecule has 1 aliphatic rings. The molecular formula is C17H24Cl2N2O2. The highest BCUT2D eigenvalue weighted by atomic mass is 35.5. The minimum absolute atomic E-state index is 0.000439.